The van der Waals surface area contributed by atoms with E-state index in [0.29, 0.717) is 29.2 Å². The molecule has 0 bridgehead atoms. The summed E-state index contributed by atoms with van der Waals surface area (Å²) in [4.78, 5) is 3.38. The number of nitriles is 1. The first kappa shape index (κ1) is 13.2. The summed E-state index contributed by atoms with van der Waals surface area (Å²) in [5.74, 6) is 0.288. The smallest absolute Gasteiger partial charge is 0.157 e. The third-order valence-electron chi connectivity index (χ3n) is 3.34. The van der Waals surface area contributed by atoms with Crippen LogP contribution in [0.5, 0.6) is 0 Å². The van der Waals surface area contributed by atoms with Gasteiger partial charge < -0.3 is 9.91 Å². The fraction of sp³-hybridized carbons (Fsp3) is 0.200. The third-order valence-corrected chi connectivity index (χ3v) is 3.34. The molecule has 1 aromatic heterocycles. The molecule has 0 radical (unpaired) electrons. The Bertz CT molecular complexity index is 754. The van der Waals surface area contributed by atoms with Crippen molar-refractivity contribution in [3.05, 3.63) is 47.4 Å². The van der Waals surface area contributed by atoms with Gasteiger partial charge in [-0.15, -0.1) is 5.10 Å². The van der Waals surface area contributed by atoms with E-state index in [9.17, 15) is 9.65 Å². The van der Waals surface area contributed by atoms with Crippen molar-refractivity contribution in [3.63, 3.8) is 0 Å². The second-order valence-corrected chi connectivity index (χ2v) is 4.99. The molecule has 0 spiro atoms. The molecule has 2 aromatic rings. The predicted octanol–water partition coefficient (Wildman–Crippen LogP) is 2.28. The number of hydrogen-bond donors (Lipinski definition) is 0. The first-order valence-corrected chi connectivity index (χ1v) is 6.50. The zero-order valence-corrected chi connectivity index (χ0v) is 11.8. The van der Waals surface area contributed by atoms with Crippen LogP contribution in [0.3, 0.4) is 0 Å². The molecule has 5 nitrogen and oxygen atoms in total. The topological polar surface area (TPSA) is 48.1 Å². The zero-order chi connectivity index (χ0) is 15.0. The fourth-order valence-electron chi connectivity index (χ4n) is 2.35. The molecule has 0 saturated carbocycles. The summed E-state index contributed by atoms with van der Waals surface area (Å²) < 4.78 is 14.2. The van der Waals surface area contributed by atoms with Crippen LogP contribution < -0.4 is 9.91 Å². The van der Waals surface area contributed by atoms with Gasteiger partial charge in [0.2, 0.25) is 0 Å². The molecule has 0 saturated heterocycles. The molecule has 3 rings (SSSR count). The van der Waals surface area contributed by atoms with Crippen molar-refractivity contribution in [3.8, 4) is 6.07 Å². The van der Waals surface area contributed by atoms with E-state index in [0.717, 1.165) is 0 Å². The van der Waals surface area contributed by atoms with Crippen molar-refractivity contribution in [1.29, 1.82) is 5.26 Å². The Morgan fingerprint density at radius 3 is 2.81 bits per heavy atom. The van der Waals surface area contributed by atoms with E-state index < -0.39 is 0 Å². The number of para-hydroxylation sites is 1. The molecule has 0 aliphatic carbocycles. The second kappa shape index (κ2) is 4.94. The summed E-state index contributed by atoms with van der Waals surface area (Å²) in [5.41, 5.74) is 1.73. The summed E-state index contributed by atoms with van der Waals surface area (Å²) in [5, 5.41) is 15.4. The van der Waals surface area contributed by atoms with E-state index in [-0.39, 0.29) is 5.82 Å². The standard InChI is InChI=1S/C15H14FN5/c1-19(2)21-7-6-14(18-21)20-10-11(9-17)8-12-4-3-5-13(16)15(12)20/h3-8H,10H2,1-2H3. The molecule has 2 heterocycles. The van der Waals surface area contributed by atoms with Gasteiger partial charge in [-0.2, -0.15) is 10.1 Å². The molecule has 0 N–H and O–H groups in total. The largest absolute Gasteiger partial charge is 0.317 e. The van der Waals surface area contributed by atoms with Crippen LogP contribution in [-0.2, 0) is 0 Å². The Kier molecular flexibility index (Phi) is 3.10. The lowest BCUT2D eigenvalue weighted by molar-refractivity contribution is 0.620. The van der Waals surface area contributed by atoms with Crippen LogP contribution in [0.25, 0.3) is 6.08 Å². The van der Waals surface area contributed by atoms with Gasteiger partial charge in [0.05, 0.1) is 30.1 Å². The van der Waals surface area contributed by atoms with Crippen LogP contribution in [-0.4, -0.2) is 30.5 Å². The van der Waals surface area contributed by atoms with Crippen molar-refractivity contribution in [2.75, 3.05) is 30.5 Å². The van der Waals surface area contributed by atoms with Crippen molar-refractivity contribution in [1.82, 2.24) is 9.89 Å². The van der Waals surface area contributed by atoms with E-state index >= 15 is 0 Å². The van der Waals surface area contributed by atoms with Crippen LogP contribution >= 0.6 is 0 Å². The minimum absolute atomic E-state index is 0.314. The first-order chi connectivity index (χ1) is 10.1. The van der Waals surface area contributed by atoms with Crippen LogP contribution in [0.2, 0.25) is 0 Å². The molecule has 0 atom stereocenters. The van der Waals surface area contributed by atoms with Crippen molar-refractivity contribution in [2.24, 2.45) is 0 Å². The highest BCUT2D eigenvalue weighted by Crippen LogP contribution is 2.35. The number of aromatic nitrogens is 2. The monoisotopic (exact) mass is 283 g/mol. The summed E-state index contributed by atoms with van der Waals surface area (Å²) in [6.07, 6.45) is 3.51. The molecule has 106 valence electrons. The number of anilines is 2. The van der Waals surface area contributed by atoms with Crippen LogP contribution in [0.1, 0.15) is 5.56 Å². The summed E-state index contributed by atoms with van der Waals surface area (Å²) in [6, 6.07) is 8.80. The third kappa shape index (κ3) is 2.23. The lowest BCUT2D eigenvalue weighted by atomic mass is 10.0. The van der Waals surface area contributed by atoms with Gasteiger partial charge >= 0.3 is 0 Å². The normalized spacial score (nSPS) is 13.4. The average molecular weight is 283 g/mol. The van der Waals surface area contributed by atoms with Crippen molar-refractivity contribution < 1.29 is 4.39 Å². The van der Waals surface area contributed by atoms with Crippen molar-refractivity contribution in [2.45, 2.75) is 0 Å². The number of nitrogens with zero attached hydrogens (tertiary/aromatic N) is 5. The molecule has 1 aromatic carbocycles. The van der Waals surface area contributed by atoms with E-state index in [1.807, 2.05) is 14.1 Å². The molecule has 0 unspecified atom stereocenters. The maximum atomic E-state index is 14.2. The fourth-order valence-corrected chi connectivity index (χ4v) is 2.35. The molecule has 6 heteroatoms. The van der Waals surface area contributed by atoms with Crippen LogP contribution in [0.15, 0.2) is 36.0 Å². The number of benzene rings is 1. The van der Waals surface area contributed by atoms with Gasteiger partial charge in [0.15, 0.2) is 5.82 Å². The molecular weight excluding hydrogens is 269 g/mol. The molecule has 0 fully saturated rings. The van der Waals surface area contributed by atoms with E-state index in [1.165, 1.54) is 6.07 Å². The summed E-state index contributed by atoms with van der Waals surface area (Å²) in [7, 11) is 3.73. The van der Waals surface area contributed by atoms with Gasteiger partial charge in [0, 0.05) is 25.7 Å². The van der Waals surface area contributed by atoms with Crippen molar-refractivity contribution >= 4 is 17.6 Å². The van der Waals surface area contributed by atoms with Gasteiger partial charge in [-0.05, 0) is 12.1 Å². The SMILES string of the molecule is CN(C)n1ccc(N2CC(C#N)=Cc3cccc(F)c32)n1. The van der Waals surface area contributed by atoms with Gasteiger partial charge in [0.25, 0.3) is 0 Å². The number of rotatable bonds is 2. The van der Waals surface area contributed by atoms with Crippen LogP contribution in [0.4, 0.5) is 15.9 Å². The van der Waals surface area contributed by atoms with Gasteiger partial charge in [-0.25, -0.2) is 4.39 Å². The molecule has 1 aliphatic rings. The highest BCUT2D eigenvalue weighted by Gasteiger charge is 2.24. The Labute approximate surface area is 122 Å². The summed E-state index contributed by atoms with van der Waals surface area (Å²) in [6.45, 7) is 0.314. The van der Waals surface area contributed by atoms with Crippen LogP contribution in [0, 0.1) is 17.1 Å². The maximum Gasteiger partial charge on any atom is 0.157 e. The molecule has 21 heavy (non-hydrogen) atoms. The Balaban J connectivity index is 2.11. The lowest BCUT2D eigenvalue weighted by Gasteiger charge is -2.28. The minimum atomic E-state index is -0.319. The predicted molar refractivity (Wildman–Crippen MR) is 79.3 cm³/mol. The lowest BCUT2D eigenvalue weighted by Crippen LogP contribution is -2.28. The van der Waals surface area contributed by atoms with E-state index in [1.54, 1.807) is 45.2 Å². The first-order valence-electron chi connectivity index (χ1n) is 6.50. The average Bonchev–Trinajstić information content (AvgIpc) is 2.96. The number of hydrogen-bond acceptors (Lipinski definition) is 4. The minimum Gasteiger partial charge on any atom is -0.317 e. The Morgan fingerprint density at radius 2 is 2.14 bits per heavy atom. The Morgan fingerprint density at radius 1 is 1.33 bits per heavy atom. The Hall–Kier alpha value is -2.81. The molecule has 0 amide bonds. The van der Waals surface area contributed by atoms with E-state index in [2.05, 4.69) is 11.2 Å². The highest BCUT2D eigenvalue weighted by molar-refractivity contribution is 5.80. The van der Waals surface area contributed by atoms with Gasteiger partial charge in [-0.1, -0.05) is 12.1 Å². The quantitative estimate of drug-likeness (QED) is 0.848. The summed E-state index contributed by atoms with van der Waals surface area (Å²) >= 11 is 0. The van der Waals surface area contributed by atoms with E-state index in [4.69, 9.17) is 0 Å². The number of fused-ring (bicyclic) bond motifs is 1. The molecule has 1 aliphatic heterocycles. The molecular formula is C15H14FN5. The second-order valence-electron chi connectivity index (χ2n) is 4.99. The highest BCUT2D eigenvalue weighted by atomic mass is 19.1. The van der Waals surface area contributed by atoms with Gasteiger partial charge in [-0.3, -0.25) is 0 Å². The number of halogens is 1. The van der Waals surface area contributed by atoms with Gasteiger partial charge in [0.1, 0.15) is 5.82 Å². The zero-order valence-electron chi connectivity index (χ0n) is 11.8. The maximum absolute atomic E-state index is 14.2.